The number of carbonyl (C=O) groups is 1. The second-order valence-electron chi connectivity index (χ2n) is 5.69. The number of nitrogens with zero attached hydrogens (tertiary/aromatic N) is 1. The summed E-state index contributed by atoms with van der Waals surface area (Å²) in [6.45, 7) is 7.50. The van der Waals surface area contributed by atoms with Gasteiger partial charge in [-0.1, -0.05) is 19.1 Å². The molecule has 0 aliphatic rings. The van der Waals surface area contributed by atoms with Gasteiger partial charge in [-0.2, -0.15) is 0 Å². The molecule has 0 heterocycles. The summed E-state index contributed by atoms with van der Waals surface area (Å²) < 4.78 is 0. The van der Waals surface area contributed by atoms with Crippen molar-refractivity contribution in [2.24, 2.45) is 0 Å². The van der Waals surface area contributed by atoms with Gasteiger partial charge in [-0.25, -0.2) is 0 Å². The van der Waals surface area contributed by atoms with Gasteiger partial charge in [0.05, 0.1) is 0 Å². The van der Waals surface area contributed by atoms with Crippen LogP contribution in [0.4, 0.5) is 11.4 Å². The highest BCUT2D eigenvalue weighted by atomic mass is 32.1. The maximum atomic E-state index is 12.3. The van der Waals surface area contributed by atoms with E-state index in [0.29, 0.717) is 23.8 Å². The van der Waals surface area contributed by atoms with E-state index in [2.05, 4.69) is 29.7 Å². The molecule has 0 radical (unpaired) electrons. The van der Waals surface area contributed by atoms with Crippen LogP contribution in [0.2, 0.25) is 0 Å². The van der Waals surface area contributed by atoms with Gasteiger partial charge in [-0.3, -0.25) is 4.79 Å². The maximum Gasteiger partial charge on any atom is 0.253 e. The minimum Gasteiger partial charge on any atom is -0.339 e. The van der Waals surface area contributed by atoms with Crippen LogP contribution in [0.15, 0.2) is 48.5 Å². The number of rotatable bonds is 6. The molecule has 4 nitrogen and oxygen atoms in total. The average molecular weight is 356 g/mol. The number of amides is 1. The number of hydrogen-bond acceptors (Lipinski definition) is 2. The average Bonchev–Trinajstić information content (AvgIpc) is 2.63. The van der Waals surface area contributed by atoms with Crippen molar-refractivity contribution in [3.8, 4) is 0 Å². The molecule has 0 aliphatic heterocycles. The van der Waals surface area contributed by atoms with E-state index in [1.54, 1.807) is 4.90 Å². The first-order chi connectivity index (χ1) is 12.1. The molecule has 132 valence electrons. The van der Waals surface area contributed by atoms with Crippen LogP contribution in [-0.2, 0) is 6.42 Å². The number of benzene rings is 2. The fraction of sp³-hybridized carbons (Fsp3) is 0.300. The van der Waals surface area contributed by atoms with Crippen molar-refractivity contribution in [2.45, 2.75) is 27.2 Å². The zero-order chi connectivity index (χ0) is 18.2. The number of hydrogen-bond donors (Lipinski definition) is 2. The topological polar surface area (TPSA) is 44.4 Å². The quantitative estimate of drug-likeness (QED) is 0.747. The predicted octanol–water partition coefficient (Wildman–Crippen LogP) is 4.54. The smallest absolute Gasteiger partial charge is 0.253 e. The van der Waals surface area contributed by atoms with Crippen molar-refractivity contribution in [3.63, 3.8) is 0 Å². The number of aryl methyl sites for hydroxylation is 1. The molecule has 0 aromatic heterocycles. The standard InChI is InChI=1S/C20H25N3OS/c1-4-15-8-7-9-18(14-15)22-20(25)21-17-12-10-16(11-13-17)19(24)23(5-2)6-3/h7-14H,4-6H2,1-3H3,(H2,21,22,25). The third-order valence-electron chi connectivity index (χ3n) is 4.03. The molecule has 0 atom stereocenters. The molecule has 5 heteroatoms. The third-order valence-corrected chi connectivity index (χ3v) is 4.24. The molecule has 2 aromatic rings. The van der Waals surface area contributed by atoms with Gasteiger partial charge in [0.15, 0.2) is 5.11 Å². The van der Waals surface area contributed by atoms with E-state index in [1.807, 2.05) is 50.2 Å². The van der Waals surface area contributed by atoms with E-state index in [0.717, 1.165) is 17.8 Å². The van der Waals surface area contributed by atoms with Crippen LogP contribution in [0.25, 0.3) is 0 Å². The highest BCUT2D eigenvalue weighted by Gasteiger charge is 2.12. The fourth-order valence-electron chi connectivity index (χ4n) is 2.55. The molecule has 0 unspecified atom stereocenters. The van der Waals surface area contributed by atoms with Gasteiger partial charge in [0, 0.05) is 30.0 Å². The lowest BCUT2D eigenvalue weighted by molar-refractivity contribution is 0.0773. The molecule has 25 heavy (non-hydrogen) atoms. The van der Waals surface area contributed by atoms with Crippen molar-refractivity contribution in [1.82, 2.24) is 4.90 Å². The van der Waals surface area contributed by atoms with Crippen molar-refractivity contribution in [1.29, 1.82) is 0 Å². The Morgan fingerprint density at radius 3 is 2.20 bits per heavy atom. The first-order valence-corrected chi connectivity index (χ1v) is 9.04. The molecule has 0 saturated carbocycles. The van der Waals surface area contributed by atoms with Gasteiger partial charge in [0.25, 0.3) is 5.91 Å². The molecule has 2 rings (SSSR count). The highest BCUT2D eigenvalue weighted by Crippen LogP contribution is 2.14. The molecule has 0 saturated heterocycles. The van der Waals surface area contributed by atoms with Gasteiger partial charge >= 0.3 is 0 Å². The third kappa shape index (κ3) is 5.29. The number of nitrogens with one attached hydrogen (secondary N) is 2. The van der Waals surface area contributed by atoms with Crippen LogP contribution in [0.3, 0.4) is 0 Å². The SMILES string of the molecule is CCc1cccc(NC(=S)Nc2ccc(C(=O)N(CC)CC)cc2)c1. The molecule has 2 N–H and O–H groups in total. The zero-order valence-corrected chi connectivity index (χ0v) is 15.8. The Morgan fingerprint density at radius 1 is 0.960 bits per heavy atom. The Hall–Kier alpha value is -2.40. The monoisotopic (exact) mass is 355 g/mol. The van der Waals surface area contributed by atoms with Crippen molar-refractivity contribution >= 4 is 34.6 Å². The summed E-state index contributed by atoms with van der Waals surface area (Å²) in [5, 5.41) is 6.85. The lowest BCUT2D eigenvalue weighted by atomic mass is 10.1. The Labute approximate surface area is 155 Å². The summed E-state index contributed by atoms with van der Waals surface area (Å²) in [5.74, 6) is 0.0497. The lowest BCUT2D eigenvalue weighted by Crippen LogP contribution is -2.30. The molecule has 0 bridgehead atoms. The number of thiocarbonyl (C=S) groups is 1. The zero-order valence-electron chi connectivity index (χ0n) is 15.0. The van der Waals surface area contributed by atoms with E-state index in [4.69, 9.17) is 12.2 Å². The Bertz CT molecular complexity index is 724. The largest absolute Gasteiger partial charge is 0.339 e. The summed E-state index contributed by atoms with van der Waals surface area (Å²) >= 11 is 5.36. The van der Waals surface area contributed by atoms with Gasteiger partial charge in [0.1, 0.15) is 0 Å². The van der Waals surface area contributed by atoms with Crippen LogP contribution < -0.4 is 10.6 Å². The fourth-order valence-corrected chi connectivity index (χ4v) is 2.79. The summed E-state index contributed by atoms with van der Waals surface area (Å²) in [7, 11) is 0. The summed E-state index contributed by atoms with van der Waals surface area (Å²) in [6.07, 6.45) is 0.984. The van der Waals surface area contributed by atoms with Crippen LogP contribution in [0.1, 0.15) is 36.7 Å². The maximum absolute atomic E-state index is 12.3. The normalized spacial score (nSPS) is 10.2. The molecule has 2 aromatic carbocycles. The van der Waals surface area contributed by atoms with Crippen molar-refractivity contribution in [3.05, 3.63) is 59.7 Å². The first-order valence-electron chi connectivity index (χ1n) is 8.63. The number of anilines is 2. The number of carbonyl (C=O) groups excluding carboxylic acids is 1. The highest BCUT2D eigenvalue weighted by molar-refractivity contribution is 7.80. The van der Waals surface area contributed by atoms with E-state index in [-0.39, 0.29) is 5.91 Å². The van der Waals surface area contributed by atoms with Gasteiger partial charge in [-0.15, -0.1) is 0 Å². The van der Waals surface area contributed by atoms with Crippen molar-refractivity contribution in [2.75, 3.05) is 23.7 Å². The minimum absolute atomic E-state index is 0.0497. The van der Waals surface area contributed by atoms with Gasteiger partial charge < -0.3 is 15.5 Å². The van der Waals surface area contributed by atoms with Crippen LogP contribution >= 0.6 is 12.2 Å². The van der Waals surface area contributed by atoms with Crippen LogP contribution in [-0.4, -0.2) is 29.0 Å². The van der Waals surface area contributed by atoms with E-state index >= 15 is 0 Å². The van der Waals surface area contributed by atoms with Crippen LogP contribution in [0.5, 0.6) is 0 Å². The molecule has 0 fully saturated rings. The lowest BCUT2D eigenvalue weighted by Gasteiger charge is -2.18. The van der Waals surface area contributed by atoms with Gasteiger partial charge in [-0.05, 0) is 74.4 Å². The summed E-state index contributed by atoms with van der Waals surface area (Å²) in [6, 6.07) is 15.6. The molecule has 1 amide bonds. The van der Waals surface area contributed by atoms with E-state index < -0.39 is 0 Å². The Kier molecular flexibility index (Phi) is 6.95. The second kappa shape index (κ2) is 9.18. The summed E-state index contributed by atoms with van der Waals surface area (Å²) in [5.41, 5.74) is 3.75. The summed E-state index contributed by atoms with van der Waals surface area (Å²) in [4.78, 5) is 14.1. The Balaban J connectivity index is 1.98. The molecule has 0 spiro atoms. The molecular formula is C20H25N3OS. The van der Waals surface area contributed by atoms with E-state index in [9.17, 15) is 4.79 Å². The second-order valence-corrected chi connectivity index (χ2v) is 6.10. The predicted molar refractivity (Wildman–Crippen MR) is 109 cm³/mol. The van der Waals surface area contributed by atoms with E-state index in [1.165, 1.54) is 5.56 Å². The van der Waals surface area contributed by atoms with Gasteiger partial charge in [0.2, 0.25) is 0 Å². The Morgan fingerprint density at radius 2 is 1.60 bits per heavy atom. The van der Waals surface area contributed by atoms with Crippen molar-refractivity contribution < 1.29 is 4.79 Å². The first kappa shape index (κ1) is 18.9. The minimum atomic E-state index is 0.0497. The molecule has 0 aliphatic carbocycles. The van der Waals surface area contributed by atoms with Crippen LogP contribution in [0, 0.1) is 0 Å². The molecular weight excluding hydrogens is 330 g/mol.